The zero-order chi connectivity index (χ0) is 42.5. The maximum absolute atomic E-state index is 15.8. The first-order valence-electron chi connectivity index (χ1n) is 21.2. The van der Waals surface area contributed by atoms with E-state index >= 15 is 4.79 Å². The van der Waals surface area contributed by atoms with Crippen molar-refractivity contribution >= 4 is 52.2 Å². The molecule has 7 aliphatic rings. The number of phenols is 1. The molecule has 12 nitrogen and oxygen atoms in total. The summed E-state index contributed by atoms with van der Waals surface area (Å²) in [6, 6.07) is 14.9. The number of aliphatic hydroxyl groups excluding tert-OH is 2. The summed E-state index contributed by atoms with van der Waals surface area (Å²) in [6.07, 6.45) is 8.92. The van der Waals surface area contributed by atoms with E-state index in [1.165, 1.54) is 26.4 Å². The molecule has 318 valence electrons. The number of piperidine rings is 2. The van der Waals surface area contributed by atoms with E-state index in [9.17, 15) is 24.9 Å². The molecule has 0 radical (unpaired) electrons. The number of nitrogens with one attached hydrogen (secondary N) is 2. The lowest BCUT2D eigenvalue weighted by molar-refractivity contribution is -0.135. The number of methoxy groups -OCH3 is 2. The number of phenolic OH excluding ortho intramolecular Hbond substituents is 1. The van der Waals surface area contributed by atoms with Gasteiger partial charge in [-0.2, -0.15) is 0 Å². The van der Waals surface area contributed by atoms with Crippen molar-refractivity contribution in [3.8, 4) is 11.5 Å². The molecule has 6 heterocycles. The number of allylic oxidation sites excluding steroid dienone is 3. The summed E-state index contributed by atoms with van der Waals surface area (Å²) in [6.45, 7) is 1.10. The minimum absolute atomic E-state index is 0.0827. The zero-order valence-electron chi connectivity index (χ0n) is 33.9. The molecule has 2 spiro atoms. The molecular weight excluding hydrogens is 819 g/mol. The first-order valence-corrected chi connectivity index (χ1v) is 21.9. The molecule has 14 heteroatoms. The maximum Gasteiger partial charge on any atom is 0.250 e. The van der Waals surface area contributed by atoms with Gasteiger partial charge in [0.15, 0.2) is 17.3 Å². The predicted molar refractivity (Wildman–Crippen MR) is 230 cm³/mol. The van der Waals surface area contributed by atoms with Gasteiger partial charge in [0.05, 0.1) is 20.1 Å². The van der Waals surface area contributed by atoms with Crippen LogP contribution in [0.1, 0.15) is 67.6 Å². The number of carbonyl (C=O) groups is 3. The highest BCUT2D eigenvalue weighted by atomic mass is 35.5. The summed E-state index contributed by atoms with van der Waals surface area (Å²) >= 11 is 13.4. The lowest BCUT2D eigenvalue weighted by Gasteiger charge is -2.41. The summed E-state index contributed by atoms with van der Waals surface area (Å²) in [5.74, 6) is -3.86. The van der Waals surface area contributed by atoms with Crippen LogP contribution < -0.4 is 15.4 Å². The number of hydrogen-bond acceptors (Lipinski definition) is 10. The molecule has 3 aromatic rings. The Hall–Kier alpha value is -4.85. The third-order valence-electron chi connectivity index (χ3n) is 14.8. The van der Waals surface area contributed by atoms with Crippen LogP contribution in [0.4, 0.5) is 11.4 Å². The second-order valence-electron chi connectivity index (χ2n) is 17.5. The smallest absolute Gasteiger partial charge is 0.250 e. The van der Waals surface area contributed by atoms with E-state index in [0.717, 1.165) is 31.3 Å². The van der Waals surface area contributed by atoms with Crippen molar-refractivity contribution in [2.45, 2.75) is 80.1 Å². The van der Waals surface area contributed by atoms with Crippen molar-refractivity contribution in [2.24, 2.45) is 17.8 Å². The van der Waals surface area contributed by atoms with Crippen LogP contribution in [0, 0.1) is 17.8 Å². The standard InChI is InChI=1S/C47H48Cl2N4O8/c1-60-38-16-10-24(19-35(38)55)40-32-7-3-5-17-52(32)47(29-22-27(49)12-14-31(29)51-45(47)59)43(40)37(57)23-36(56)41-33-8-4-6-18-53(33)46(28-21-26(48)11-13-30(28)50-44(46)58)42(41)25-9-15-34(54)39(20-25)61-2/h9-16,20-23,32-33,35,40-43,54-56H,3-8,17-19H2,1-2H3,(H,50,58)(H,51,59). The number of hydrogen-bond donors (Lipinski definition) is 5. The van der Waals surface area contributed by atoms with Crippen LogP contribution in [0.2, 0.25) is 10.0 Å². The first-order chi connectivity index (χ1) is 29.4. The Bertz CT molecular complexity index is 2470. The molecule has 4 fully saturated rings. The number of anilines is 2. The van der Waals surface area contributed by atoms with E-state index in [-0.39, 0.29) is 47.6 Å². The maximum atomic E-state index is 15.8. The monoisotopic (exact) mass is 866 g/mol. The van der Waals surface area contributed by atoms with Gasteiger partial charge in [-0.3, -0.25) is 24.2 Å². The molecular formula is C47H48Cl2N4O8. The molecule has 2 amide bonds. The molecule has 9 unspecified atom stereocenters. The molecule has 4 saturated heterocycles. The van der Waals surface area contributed by atoms with Crippen molar-refractivity contribution in [1.82, 2.24) is 9.80 Å². The van der Waals surface area contributed by atoms with Crippen LogP contribution in [-0.2, 0) is 30.2 Å². The van der Waals surface area contributed by atoms with Crippen molar-refractivity contribution in [3.63, 3.8) is 0 Å². The topological polar surface area (TPSA) is 161 Å². The number of carbonyl (C=O) groups excluding carboxylic acids is 3. The van der Waals surface area contributed by atoms with E-state index in [1.54, 1.807) is 54.6 Å². The fraction of sp³-hybridized carbons (Fsp3) is 0.426. The minimum atomic E-state index is -1.47. The lowest BCUT2D eigenvalue weighted by atomic mass is 9.68. The largest absolute Gasteiger partial charge is 0.512 e. The van der Waals surface area contributed by atoms with Gasteiger partial charge in [-0.05, 0) is 98.9 Å². The molecule has 5 N–H and O–H groups in total. The van der Waals surface area contributed by atoms with Crippen molar-refractivity contribution in [2.75, 3.05) is 37.9 Å². The number of aromatic hydroxyl groups is 1. The summed E-state index contributed by atoms with van der Waals surface area (Å²) in [4.78, 5) is 49.9. The van der Waals surface area contributed by atoms with Gasteiger partial charge in [-0.15, -0.1) is 0 Å². The molecule has 0 aromatic heterocycles. The number of aliphatic hydroxyl groups is 2. The normalized spacial score (nSPS) is 33.1. The Morgan fingerprint density at radius 3 is 2.08 bits per heavy atom. The fourth-order valence-electron chi connectivity index (χ4n) is 12.6. The highest BCUT2D eigenvalue weighted by molar-refractivity contribution is 6.31. The van der Waals surface area contributed by atoms with Gasteiger partial charge in [-0.1, -0.05) is 53.8 Å². The zero-order valence-corrected chi connectivity index (χ0v) is 35.4. The summed E-state index contributed by atoms with van der Waals surface area (Å²) in [5.41, 5.74) is 1.09. The molecule has 1 aliphatic carbocycles. The Labute approximate surface area is 363 Å². The Balaban J connectivity index is 1.18. The highest BCUT2D eigenvalue weighted by Gasteiger charge is 2.70. The number of rotatable bonds is 7. The SMILES string of the molecule is COC1=CC=C(C2C3CCCCN3C3(C(=O)Nc4ccc(Cl)cc43)C2C(=O)C=C(O)C2C3CCCCN3C3(C(=O)Nc4ccc(Cl)cc43)C2c2ccc(O)c(OC)c2)CC1O. The lowest BCUT2D eigenvalue weighted by Crippen LogP contribution is -2.55. The molecule has 6 aliphatic heterocycles. The number of amides is 2. The van der Waals surface area contributed by atoms with E-state index in [0.29, 0.717) is 69.8 Å². The van der Waals surface area contributed by atoms with Gasteiger partial charge >= 0.3 is 0 Å². The minimum Gasteiger partial charge on any atom is -0.512 e. The van der Waals surface area contributed by atoms with Gasteiger partial charge in [-0.25, -0.2) is 0 Å². The number of ketones is 1. The number of fused-ring (bicyclic) bond motifs is 8. The van der Waals surface area contributed by atoms with Crippen LogP contribution in [0.5, 0.6) is 11.5 Å². The van der Waals surface area contributed by atoms with E-state index < -0.39 is 46.6 Å². The second kappa shape index (κ2) is 14.9. The van der Waals surface area contributed by atoms with Crippen LogP contribution in [0.25, 0.3) is 0 Å². The second-order valence-corrected chi connectivity index (χ2v) is 18.4. The Morgan fingerprint density at radius 2 is 1.44 bits per heavy atom. The Morgan fingerprint density at radius 1 is 0.820 bits per heavy atom. The number of halogens is 2. The van der Waals surface area contributed by atoms with Gasteiger partial charge in [0, 0.05) is 74.9 Å². The molecule has 61 heavy (non-hydrogen) atoms. The van der Waals surface area contributed by atoms with E-state index in [4.69, 9.17) is 32.7 Å². The third-order valence-corrected chi connectivity index (χ3v) is 15.3. The van der Waals surface area contributed by atoms with Crippen molar-refractivity contribution in [1.29, 1.82) is 0 Å². The summed E-state index contributed by atoms with van der Waals surface area (Å²) < 4.78 is 11.1. The number of benzene rings is 3. The molecule has 0 saturated carbocycles. The molecule has 3 aromatic carbocycles. The first kappa shape index (κ1) is 40.2. The Kier molecular flexibility index (Phi) is 9.83. The van der Waals surface area contributed by atoms with E-state index in [2.05, 4.69) is 20.4 Å². The fourth-order valence-corrected chi connectivity index (χ4v) is 13.0. The van der Waals surface area contributed by atoms with Crippen LogP contribution in [0.3, 0.4) is 0 Å². The van der Waals surface area contributed by atoms with Gasteiger partial charge in [0.1, 0.15) is 28.7 Å². The van der Waals surface area contributed by atoms with E-state index in [1.807, 2.05) is 6.08 Å². The average molecular weight is 868 g/mol. The van der Waals surface area contributed by atoms with Crippen LogP contribution >= 0.6 is 23.2 Å². The van der Waals surface area contributed by atoms with Crippen LogP contribution in [0.15, 0.2) is 89.9 Å². The highest BCUT2D eigenvalue weighted by Crippen LogP contribution is 2.64. The van der Waals surface area contributed by atoms with Gasteiger partial charge in [0.25, 0.3) is 0 Å². The average Bonchev–Trinajstić information content (AvgIpc) is 3.93. The quantitative estimate of drug-likeness (QED) is 0.120. The van der Waals surface area contributed by atoms with Gasteiger partial charge < -0.3 is 35.4 Å². The molecule has 10 rings (SSSR count). The van der Waals surface area contributed by atoms with Gasteiger partial charge in [0.2, 0.25) is 11.8 Å². The third kappa shape index (κ3) is 5.71. The summed E-state index contributed by atoms with van der Waals surface area (Å²) in [5, 5.41) is 42.0. The number of ether oxygens (including phenoxy) is 2. The molecule has 0 bridgehead atoms. The van der Waals surface area contributed by atoms with Crippen LogP contribution in [-0.4, -0.2) is 88.2 Å². The predicted octanol–water partition coefficient (Wildman–Crippen LogP) is 7.30. The number of nitrogens with zero attached hydrogens (tertiary/aromatic N) is 2. The summed E-state index contributed by atoms with van der Waals surface area (Å²) in [7, 11) is 2.96. The molecule has 9 atom stereocenters. The van der Waals surface area contributed by atoms with Crippen molar-refractivity contribution < 1.29 is 39.2 Å². The van der Waals surface area contributed by atoms with Crippen molar-refractivity contribution in [3.05, 3.63) is 117 Å².